The van der Waals surface area contributed by atoms with Crippen molar-refractivity contribution >= 4 is 16.9 Å². The second-order valence-electron chi connectivity index (χ2n) is 3.66. The molecule has 0 saturated carbocycles. The van der Waals surface area contributed by atoms with Gasteiger partial charge in [-0.25, -0.2) is 4.39 Å². The zero-order valence-electron chi connectivity index (χ0n) is 8.17. The molecule has 1 aromatic carbocycles. The van der Waals surface area contributed by atoms with Gasteiger partial charge in [0.05, 0.1) is 5.39 Å². The second-order valence-corrected chi connectivity index (χ2v) is 3.66. The Morgan fingerprint density at radius 2 is 2.07 bits per heavy atom. The third-order valence-electron chi connectivity index (χ3n) is 2.34. The first-order valence-corrected chi connectivity index (χ1v) is 4.57. The van der Waals surface area contributed by atoms with Crippen LogP contribution in [0.3, 0.4) is 0 Å². The number of benzene rings is 1. The minimum atomic E-state index is -0.440. The van der Waals surface area contributed by atoms with Gasteiger partial charge in [0.15, 0.2) is 5.82 Å². The molecule has 0 unspecified atom stereocenters. The van der Waals surface area contributed by atoms with Crippen molar-refractivity contribution in [3.63, 3.8) is 0 Å². The first kappa shape index (κ1) is 9.06. The van der Waals surface area contributed by atoms with Crippen LogP contribution in [0.1, 0.15) is 25.3 Å². The standard InChI is InChI=1S/C11H12FNO/c1-6(2)7-4-3-5-8-9(7)10(12)11(13)14-8/h3-6H,13H2,1-2H3. The Bertz CT molecular complexity index is 473. The SMILES string of the molecule is CC(C)c1cccc2oc(N)c(F)c12. The number of nitrogen functional groups attached to an aromatic ring is 1. The third kappa shape index (κ3) is 1.16. The third-order valence-corrected chi connectivity index (χ3v) is 2.34. The van der Waals surface area contributed by atoms with Crippen LogP contribution in [0.25, 0.3) is 11.0 Å². The van der Waals surface area contributed by atoms with E-state index >= 15 is 0 Å². The molecular weight excluding hydrogens is 181 g/mol. The smallest absolute Gasteiger partial charge is 0.227 e. The van der Waals surface area contributed by atoms with E-state index in [1.165, 1.54) is 0 Å². The monoisotopic (exact) mass is 193 g/mol. The summed E-state index contributed by atoms with van der Waals surface area (Å²) in [6, 6.07) is 5.46. The fourth-order valence-corrected chi connectivity index (χ4v) is 1.64. The number of rotatable bonds is 1. The van der Waals surface area contributed by atoms with Crippen LogP contribution in [0, 0.1) is 5.82 Å². The summed E-state index contributed by atoms with van der Waals surface area (Å²) in [5, 5.41) is 0.514. The zero-order valence-corrected chi connectivity index (χ0v) is 8.17. The van der Waals surface area contributed by atoms with Crippen LogP contribution in [0.5, 0.6) is 0 Å². The predicted molar refractivity (Wildman–Crippen MR) is 54.7 cm³/mol. The van der Waals surface area contributed by atoms with Crippen LogP contribution < -0.4 is 5.73 Å². The fourth-order valence-electron chi connectivity index (χ4n) is 1.64. The van der Waals surface area contributed by atoms with Crippen LogP contribution in [0.4, 0.5) is 10.3 Å². The van der Waals surface area contributed by atoms with Gasteiger partial charge in [0.2, 0.25) is 5.88 Å². The number of anilines is 1. The van der Waals surface area contributed by atoms with E-state index in [9.17, 15) is 4.39 Å². The zero-order chi connectivity index (χ0) is 10.3. The lowest BCUT2D eigenvalue weighted by Crippen LogP contribution is -1.90. The van der Waals surface area contributed by atoms with Gasteiger partial charge in [-0.2, -0.15) is 0 Å². The minimum absolute atomic E-state index is 0.131. The maximum absolute atomic E-state index is 13.6. The van der Waals surface area contributed by atoms with Gasteiger partial charge in [0.25, 0.3) is 0 Å². The molecule has 0 aliphatic heterocycles. The normalized spacial score (nSPS) is 11.4. The van der Waals surface area contributed by atoms with Crippen LogP contribution >= 0.6 is 0 Å². The Morgan fingerprint density at radius 1 is 1.36 bits per heavy atom. The van der Waals surface area contributed by atoms with E-state index in [1.807, 2.05) is 26.0 Å². The van der Waals surface area contributed by atoms with Crippen molar-refractivity contribution in [2.24, 2.45) is 0 Å². The second kappa shape index (κ2) is 3.01. The highest BCUT2D eigenvalue weighted by Gasteiger charge is 2.16. The highest BCUT2D eigenvalue weighted by atomic mass is 19.1. The quantitative estimate of drug-likeness (QED) is 0.754. The molecule has 0 bridgehead atoms. The van der Waals surface area contributed by atoms with Gasteiger partial charge in [-0.1, -0.05) is 26.0 Å². The van der Waals surface area contributed by atoms with Gasteiger partial charge in [0.1, 0.15) is 5.58 Å². The van der Waals surface area contributed by atoms with Crippen molar-refractivity contribution in [3.05, 3.63) is 29.6 Å². The van der Waals surface area contributed by atoms with Crippen molar-refractivity contribution in [3.8, 4) is 0 Å². The summed E-state index contributed by atoms with van der Waals surface area (Å²) in [5.74, 6) is -0.317. The molecule has 0 atom stereocenters. The number of halogens is 1. The molecular formula is C11H12FNO. The Morgan fingerprint density at radius 3 is 2.71 bits per heavy atom. The molecule has 0 radical (unpaired) electrons. The molecule has 0 aliphatic rings. The summed E-state index contributed by atoms with van der Waals surface area (Å²) in [5.41, 5.74) is 6.83. The largest absolute Gasteiger partial charge is 0.438 e. The van der Waals surface area contributed by atoms with Gasteiger partial charge in [-0.15, -0.1) is 0 Å². The topological polar surface area (TPSA) is 39.2 Å². The molecule has 1 aromatic heterocycles. The Hall–Kier alpha value is -1.51. The molecule has 0 amide bonds. The Labute approximate surface area is 81.5 Å². The van der Waals surface area contributed by atoms with Crippen LogP contribution in [-0.4, -0.2) is 0 Å². The average Bonchev–Trinajstić information content (AvgIpc) is 2.43. The molecule has 3 heteroatoms. The van der Waals surface area contributed by atoms with Crippen LogP contribution in [0.15, 0.2) is 22.6 Å². The van der Waals surface area contributed by atoms with E-state index in [-0.39, 0.29) is 11.8 Å². The van der Waals surface area contributed by atoms with E-state index in [0.717, 1.165) is 5.56 Å². The number of hydrogen-bond acceptors (Lipinski definition) is 2. The summed E-state index contributed by atoms with van der Waals surface area (Å²) in [7, 11) is 0. The van der Waals surface area contributed by atoms with Crippen LogP contribution in [0.2, 0.25) is 0 Å². The summed E-state index contributed by atoms with van der Waals surface area (Å²) < 4.78 is 18.7. The van der Waals surface area contributed by atoms with Gasteiger partial charge in [-0.05, 0) is 17.5 Å². The number of furan rings is 1. The Kier molecular flexibility index (Phi) is 1.95. The lowest BCUT2D eigenvalue weighted by molar-refractivity contribution is 0.579. The highest BCUT2D eigenvalue weighted by Crippen LogP contribution is 2.32. The van der Waals surface area contributed by atoms with E-state index in [4.69, 9.17) is 10.2 Å². The maximum atomic E-state index is 13.6. The van der Waals surface area contributed by atoms with Crippen molar-refractivity contribution in [2.45, 2.75) is 19.8 Å². The summed E-state index contributed by atoms with van der Waals surface area (Å²) in [6.45, 7) is 4.02. The molecule has 2 aromatic rings. The van der Waals surface area contributed by atoms with E-state index < -0.39 is 5.82 Å². The Balaban J connectivity index is 2.84. The molecule has 1 heterocycles. The van der Waals surface area contributed by atoms with Gasteiger partial charge in [0, 0.05) is 0 Å². The molecule has 14 heavy (non-hydrogen) atoms. The number of fused-ring (bicyclic) bond motifs is 1. The average molecular weight is 193 g/mol. The molecule has 0 saturated heterocycles. The summed E-state index contributed by atoms with van der Waals surface area (Å²) in [6.07, 6.45) is 0. The predicted octanol–water partition coefficient (Wildman–Crippen LogP) is 3.28. The summed E-state index contributed by atoms with van der Waals surface area (Å²) >= 11 is 0. The minimum Gasteiger partial charge on any atom is -0.438 e. The van der Waals surface area contributed by atoms with E-state index in [0.29, 0.717) is 11.0 Å². The van der Waals surface area contributed by atoms with Crippen molar-refractivity contribution in [1.82, 2.24) is 0 Å². The summed E-state index contributed by atoms with van der Waals surface area (Å²) in [4.78, 5) is 0. The molecule has 74 valence electrons. The highest BCUT2D eigenvalue weighted by molar-refractivity contribution is 5.85. The first-order valence-electron chi connectivity index (χ1n) is 4.57. The van der Waals surface area contributed by atoms with Crippen LogP contribution in [-0.2, 0) is 0 Å². The van der Waals surface area contributed by atoms with E-state index in [1.54, 1.807) is 6.07 Å². The van der Waals surface area contributed by atoms with Crippen molar-refractivity contribution in [2.75, 3.05) is 5.73 Å². The van der Waals surface area contributed by atoms with Gasteiger partial charge < -0.3 is 10.2 Å². The van der Waals surface area contributed by atoms with Crippen molar-refractivity contribution < 1.29 is 8.81 Å². The number of nitrogens with two attached hydrogens (primary N) is 1. The van der Waals surface area contributed by atoms with Gasteiger partial charge >= 0.3 is 0 Å². The molecule has 2 nitrogen and oxygen atoms in total. The fraction of sp³-hybridized carbons (Fsp3) is 0.273. The molecule has 2 rings (SSSR count). The molecule has 2 N–H and O–H groups in total. The molecule has 0 aliphatic carbocycles. The van der Waals surface area contributed by atoms with E-state index in [2.05, 4.69) is 0 Å². The maximum Gasteiger partial charge on any atom is 0.227 e. The lowest BCUT2D eigenvalue weighted by atomic mass is 9.99. The molecule has 0 spiro atoms. The number of hydrogen-bond donors (Lipinski definition) is 1. The molecule has 0 fully saturated rings. The van der Waals surface area contributed by atoms with Gasteiger partial charge in [-0.3, -0.25) is 0 Å². The van der Waals surface area contributed by atoms with Crippen molar-refractivity contribution in [1.29, 1.82) is 0 Å². The lowest BCUT2D eigenvalue weighted by Gasteiger charge is -2.05. The first-order chi connectivity index (χ1) is 6.61.